The van der Waals surface area contributed by atoms with E-state index in [-0.39, 0.29) is 35.0 Å². The summed E-state index contributed by atoms with van der Waals surface area (Å²) < 4.78 is 0. The summed E-state index contributed by atoms with van der Waals surface area (Å²) in [5, 5.41) is 31.1. The van der Waals surface area contributed by atoms with E-state index in [9.17, 15) is 33.6 Å². The fraction of sp³-hybridized carbons (Fsp3) is 0.841. The Bertz CT molecular complexity index is 3570. The number of rotatable bonds is 39. The van der Waals surface area contributed by atoms with Crippen LogP contribution in [0.4, 0.5) is 20.1 Å². The van der Waals surface area contributed by atoms with Crippen molar-refractivity contribution >= 4 is 53.4 Å². The summed E-state index contributed by atoms with van der Waals surface area (Å²) in [7, 11) is 0. The average Bonchev–Trinajstić information content (AvgIpc) is 0.759. The highest BCUT2D eigenvalue weighted by Gasteiger charge is 2.49. The first-order valence-corrected chi connectivity index (χ1v) is 62.2. The number of nitrogens with one attached hydrogen (secondary N) is 10. The van der Waals surface area contributed by atoms with E-state index < -0.39 is 0 Å². The third-order valence-corrected chi connectivity index (χ3v) is 33.2. The topological polar surface area (TPSA) is 265 Å². The van der Waals surface area contributed by atoms with E-state index in [1.807, 2.05) is 36.4 Å². The zero-order valence-corrected chi connectivity index (χ0v) is 94.6. The number of para-hydroxylation sites is 1. The first-order valence-electron chi connectivity index (χ1n) is 62.2. The molecular weight excluding hydrogens is 1790 g/mol. The standard InChI is InChI=1S/C20H39NO.C19H34N2O.C17H25NO.C16H32N2O.2C14H25NO.C13H20N2O.C13H22N2/c1-2-3-4-5-6-7-8-9-10-11-15-18-20(22)21-19-16-13-12-14-17-19;1-18(2,3)11-19(4,5)21-17(22)20-16-14-7-12-6-13(9-14)10-15(16)8-12;19-17(18-16-12-5-2-6-13-16)14-8-7-11-15-9-3-1-4-10-15;1-2-14-17-16(19)18-15-12-10-8-6-4-3-5-7-9-11-13-15;16-14(13-9-5-2-6-10-13)15-11-12-7-3-1-4-8-12;16-14(11-12-7-3-1-4-8-12)15-13-9-5-2-6-10-13;1-2-3-4-8-11-14-13(16)15-12-9-6-5-7-10-12;1-3-7-12(8-4-1)14-11-15-13-9-5-2-6-10-13/h19H,2-18H2,1H3,(H,21,22);12-16H,6-11H2,1-5H3,(H2,20,21,22);1,3-4,9-10,16H,2,5-8,11-14H2,(H,18,19);15H,2-14H2,1H3,(H2,17,18,19);2*12-13H,1-11H2,(H,15,16);5-7,9-10H,2-4,8,11H2,1H3,(H2,14,15,16);12-13H,1-10H2. The molecule has 19 heteroatoms. The van der Waals surface area contributed by atoms with Gasteiger partial charge in [0, 0.05) is 86.3 Å². The van der Waals surface area contributed by atoms with Crippen molar-refractivity contribution in [2.45, 2.75) is 610 Å². The van der Waals surface area contributed by atoms with E-state index in [2.05, 4.69) is 149 Å². The highest BCUT2D eigenvalue weighted by atomic mass is 16.2. The third-order valence-electron chi connectivity index (χ3n) is 33.2. The first-order chi connectivity index (χ1) is 70.6. The quantitative estimate of drug-likeness (QED) is 0.0228. The fourth-order valence-electron chi connectivity index (χ4n) is 25.5. The lowest BCUT2D eigenvalue weighted by Gasteiger charge is -2.54. The molecule has 0 aliphatic heterocycles. The van der Waals surface area contributed by atoms with E-state index in [4.69, 9.17) is 0 Å². The molecule has 0 unspecified atom stereocenters. The maximum absolute atomic E-state index is 12.5. The number of carbonyl (C=O) groups is 7. The summed E-state index contributed by atoms with van der Waals surface area (Å²) >= 11 is 0. The normalized spacial score (nSPS) is 21.8. The van der Waals surface area contributed by atoms with Gasteiger partial charge in [-0.2, -0.15) is 0 Å². The molecule has 0 heterocycles. The number of benzene rings is 2. The van der Waals surface area contributed by atoms with Crippen LogP contribution in [-0.2, 0) is 25.6 Å². The Labute approximate surface area is 887 Å². The SMILES string of the molecule is C(=NC1CCCCC1)=NC1CCCCC1.CC(C)(C)CC(C)(C)NC(=O)NC1C2CC3CC(C2)CC1C3.CCCCCCCCCCCCCC(=O)NC1CCCCC1.CCCCCCNC(=O)Nc1ccccc1.CCCNC(=O)NC1CCCCCCCCCCC1.O=C(CC1CCCCC1)NC1CCCCC1.O=C(CCCCc1ccccc1)NC1CCCCC1.O=C(NCC1CCCCC1)C1CCCCC1. The molecule has 828 valence electrons. The highest BCUT2D eigenvalue weighted by molar-refractivity contribution is 5.89. The van der Waals surface area contributed by atoms with Crippen molar-refractivity contribution in [3.63, 3.8) is 0 Å². The van der Waals surface area contributed by atoms with E-state index in [0.29, 0.717) is 78.3 Å². The number of aryl methyl sites for hydroxylation is 1. The summed E-state index contributed by atoms with van der Waals surface area (Å²) in [5.41, 5.74) is 2.26. The molecule has 0 spiro atoms. The molecule has 10 N–H and O–H groups in total. The summed E-state index contributed by atoms with van der Waals surface area (Å²) in [5.74, 6) is 6.38. The number of hydrogen-bond acceptors (Lipinski definition) is 9. The second kappa shape index (κ2) is 79.5. The summed E-state index contributed by atoms with van der Waals surface area (Å²) in [6, 6.07) is 26.2. The van der Waals surface area contributed by atoms with Crippen LogP contribution >= 0.6 is 0 Å². The zero-order chi connectivity index (χ0) is 104. The van der Waals surface area contributed by atoms with Crippen molar-refractivity contribution in [1.82, 2.24) is 47.9 Å². The average molecular weight is 2020 g/mol. The Morgan fingerprint density at radius 1 is 0.331 bits per heavy atom. The highest BCUT2D eigenvalue weighted by Crippen LogP contribution is 2.54. The monoisotopic (exact) mass is 2020 g/mol. The molecule has 145 heavy (non-hydrogen) atoms. The minimum absolute atomic E-state index is 0.0268. The number of hydrogen-bond donors (Lipinski definition) is 10. The Balaban J connectivity index is 0.000000225. The van der Waals surface area contributed by atoms with Gasteiger partial charge in [-0.1, -0.05) is 385 Å². The number of urea groups is 3. The number of nitrogens with zero attached hydrogens (tertiary/aromatic N) is 2. The molecule has 0 saturated heterocycles. The number of carbonyl (C=O) groups excluding carboxylic acids is 7. The van der Waals surface area contributed by atoms with Crippen molar-refractivity contribution in [3.05, 3.63) is 66.2 Å². The van der Waals surface area contributed by atoms with Gasteiger partial charge in [0.25, 0.3) is 0 Å². The van der Waals surface area contributed by atoms with Crippen LogP contribution in [-0.4, -0.2) is 115 Å². The zero-order valence-electron chi connectivity index (χ0n) is 94.6. The van der Waals surface area contributed by atoms with E-state index in [1.165, 1.54) is 423 Å². The van der Waals surface area contributed by atoms with E-state index >= 15 is 0 Å². The van der Waals surface area contributed by atoms with Crippen molar-refractivity contribution in [2.24, 2.45) is 56.8 Å². The Hall–Kier alpha value is -6.49. The van der Waals surface area contributed by atoms with Crippen LogP contribution in [0, 0.1) is 46.8 Å². The van der Waals surface area contributed by atoms with Crippen molar-refractivity contribution in [2.75, 3.05) is 25.0 Å². The van der Waals surface area contributed by atoms with E-state index in [0.717, 1.165) is 138 Å². The van der Waals surface area contributed by atoms with Crippen LogP contribution in [0.1, 0.15) is 562 Å². The van der Waals surface area contributed by atoms with Crippen LogP contribution < -0.4 is 53.2 Å². The molecule has 0 radical (unpaired) electrons. The van der Waals surface area contributed by atoms with Gasteiger partial charge < -0.3 is 53.2 Å². The summed E-state index contributed by atoms with van der Waals surface area (Å²) in [4.78, 5) is 92.1. The van der Waals surface area contributed by atoms with Crippen molar-refractivity contribution in [1.29, 1.82) is 0 Å². The van der Waals surface area contributed by atoms with Gasteiger partial charge in [0.05, 0.1) is 18.1 Å². The van der Waals surface area contributed by atoms with Gasteiger partial charge in [-0.3, -0.25) is 19.2 Å². The molecular formula is C126H222N12O7. The fourth-order valence-corrected chi connectivity index (χ4v) is 25.5. The smallest absolute Gasteiger partial charge is 0.319 e. The Kier molecular flexibility index (Phi) is 68.8. The second-order valence-electron chi connectivity index (χ2n) is 48.8. The number of anilines is 1. The number of aliphatic imine (C=N–C) groups is 2. The maximum Gasteiger partial charge on any atom is 0.319 e. The van der Waals surface area contributed by atoms with Gasteiger partial charge >= 0.3 is 18.1 Å². The van der Waals surface area contributed by atoms with Crippen LogP contribution in [0.15, 0.2) is 70.6 Å². The Morgan fingerprint density at radius 2 is 0.697 bits per heavy atom. The molecule has 13 saturated carbocycles. The van der Waals surface area contributed by atoms with Gasteiger partial charge in [-0.15, -0.1) is 0 Å². The van der Waals surface area contributed by atoms with Gasteiger partial charge in [-0.25, -0.2) is 24.4 Å². The molecule has 0 aromatic heterocycles. The molecule has 4 bridgehead atoms. The lowest BCUT2D eigenvalue weighted by Crippen LogP contribution is -2.59. The number of amides is 10. The van der Waals surface area contributed by atoms with Gasteiger partial charge in [-0.05, 0) is 265 Å². The summed E-state index contributed by atoms with van der Waals surface area (Å²) in [6.45, 7) is 19.9. The molecule has 0 atom stereocenters. The maximum atomic E-state index is 12.5. The van der Waals surface area contributed by atoms with Gasteiger partial charge in [0.15, 0.2) is 0 Å². The molecule has 10 amide bonds. The lowest BCUT2D eigenvalue weighted by atomic mass is 9.54. The number of unbranched alkanes of at least 4 members (excludes halogenated alkanes) is 14. The summed E-state index contributed by atoms with van der Waals surface area (Å²) in [6.07, 6.45) is 99.8. The van der Waals surface area contributed by atoms with Crippen LogP contribution in [0.2, 0.25) is 0 Å². The van der Waals surface area contributed by atoms with Crippen molar-refractivity contribution < 1.29 is 33.6 Å². The molecule has 13 aliphatic carbocycles. The third kappa shape index (κ3) is 62.8. The molecule has 13 fully saturated rings. The molecule has 15 rings (SSSR count). The predicted molar refractivity (Wildman–Crippen MR) is 611 cm³/mol. The minimum atomic E-state index is -0.158. The van der Waals surface area contributed by atoms with Crippen LogP contribution in [0.5, 0.6) is 0 Å². The van der Waals surface area contributed by atoms with Gasteiger partial charge in [0.1, 0.15) is 0 Å². The van der Waals surface area contributed by atoms with Crippen molar-refractivity contribution in [3.8, 4) is 0 Å². The first kappa shape index (κ1) is 125. The minimum Gasteiger partial charge on any atom is -0.356 e. The van der Waals surface area contributed by atoms with E-state index in [1.54, 1.807) is 0 Å². The molecule has 13 aliphatic rings. The molecule has 2 aromatic rings. The van der Waals surface area contributed by atoms with Crippen LogP contribution in [0.25, 0.3) is 0 Å². The van der Waals surface area contributed by atoms with Crippen LogP contribution in [0.3, 0.4) is 0 Å². The second-order valence-corrected chi connectivity index (χ2v) is 48.8. The molecule has 2 aromatic carbocycles. The lowest BCUT2D eigenvalue weighted by molar-refractivity contribution is -0.126. The Morgan fingerprint density at radius 3 is 1.14 bits per heavy atom. The largest absolute Gasteiger partial charge is 0.356 e. The molecule has 19 nitrogen and oxygen atoms in total. The van der Waals surface area contributed by atoms with Gasteiger partial charge in [0.2, 0.25) is 23.6 Å². The predicted octanol–water partition coefficient (Wildman–Crippen LogP) is 32.6.